The number of benzene rings is 1. The number of likely N-dealkylation sites (tertiary alicyclic amines) is 1. The maximum absolute atomic E-state index is 13.3. The van der Waals surface area contributed by atoms with Gasteiger partial charge in [-0.05, 0) is 42.7 Å². The molecule has 2 amide bonds. The van der Waals surface area contributed by atoms with Gasteiger partial charge in [-0.3, -0.25) is 14.5 Å². The maximum Gasteiger partial charge on any atom is 0.237 e. The summed E-state index contributed by atoms with van der Waals surface area (Å²) in [6.45, 7) is 11.7. The Morgan fingerprint density at radius 1 is 1.13 bits per heavy atom. The summed E-state index contributed by atoms with van der Waals surface area (Å²) < 4.78 is 0. The molecule has 30 heavy (non-hydrogen) atoms. The largest absolute Gasteiger partial charge is 0.368 e. The molecule has 0 radical (unpaired) electrons. The molecule has 0 unspecified atom stereocenters. The summed E-state index contributed by atoms with van der Waals surface area (Å²) in [6, 6.07) is 8.38. The SMILES string of the molecule is CNC(=O)[C@@H]1C[C@@]2(C[C@@H]2C(=O)N2CCN(c3ccccc3C)CC2)CN1CC(C)C. The van der Waals surface area contributed by atoms with E-state index in [1.165, 1.54) is 11.3 Å². The van der Waals surface area contributed by atoms with E-state index in [2.05, 4.69) is 65.1 Å². The zero-order chi connectivity index (χ0) is 21.5. The van der Waals surface area contributed by atoms with Crippen LogP contribution < -0.4 is 10.2 Å². The number of nitrogens with one attached hydrogen (secondary N) is 1. The van der Waals surface area contributed by atoms with Crippen LogP contribution in [0.5, 0.6) is 0 Å². The lowest BCUT2D eigenvalue weighted by Gasteiger charge is -2.37. The lowest BCUT2D eigenvalue weighted by molar-refractivity contribution is -0.133. The molecule has 164 valence electrons. The molecule has 1 saturated carbocycles. The number of para-hydroxylation sites is 1. The van der Waals surface area contributed by atoms with Crippen LogP contribution in [0.25, 0.3) is 0 Å². The lowest BCUT2D eigenvalue weighted by Crippen LogP contribution is -2.49. The van der Waals surface area contributed by atoms with Crippen LogP contribution in [-0.2, 0) is 9.59 Å². The van der Waals surface area contributed by atoms with Gasteiger partial charge in [-0.15, -0.1) is 0 Å². The van der Waals surface area contributed by atoms with Gasteiger partial charge in [0.1, 0.15) is 0 Å². The van der Waals surface area contributed by atoms with E-state index < -0.39 is 0 Å². The predicted octanol–water partition coefficient (Wildman–Crippen LogP) is 2.13. The average molecular weight is 413 g/mol. The zero-order valence-corrected chi connectivity index (χ0v) is 18.9. The number of carbonyl (C=O) groups is 2. The summed E-state index contributed by atoms with van der Waals surface area (Å²) in [5, 5.41) is 2.83. The van der Waals surface area contributed by atoms with Gasteiger partial charge in [-0.25, -0.2) is 0 Å². The van der Waals surface area contributed by atoms with Gasteiger partial charge >= 0.3 is 0 Å². The third-order valence-electron chi connectivity index (χ3n) is 7.24. The molecular formula is C24H36N4O2. The highest BCUT2D eigenvalue weighted by Crippen LogP contribution is 2.60. The molecule has 2 aliphatic heterocycles. The predicted molar refractivity (Wildman–Crippen MR) is 119 cm³/mol. The first-order valence-electron chi connectivity index (χ1n) is 11.4. The number of nitrogens with zero attached hydrogens (tertiary/aromatic N) is 3. The van der Waals surface area contributed by atoms with E-state index in [1.54, 1.807) is 7.05 Å². The van der Waals surface area contributed by atoms with Gasteiger partial charge in [0.05, 0.1) is 6.04 Å². The number of carbonyl (C=O) groups excluding carboxylic acids is 2. The van der Waals surface area contributed by atoms with Crippen LogP contribution in [0.2, 0.25) is 0 Å². The molecule has 1 aromatic rings. The number of hydrogen-bond acceptors (Lipinski definition) is 4. The molecule has 3 aliphatic rings. The van der Waals surface area contributed by atoms with Crippen LogP contribution in [0.3, 0.4) is 0 Å². The van der Waals surface area contributed by atoms with E-state index in [1.807, 2.05) is 0 Å². The first kappa shape index (κ1) is 21.2. The molecule has 1 aromatic carbocycles. The van der Waals surface area contributed by atoms with E-state index in [9.17, 15) is 9.59 Å². The summed E-state index contributed by atoms with van der Waals surface area (Å²) in [5.74, 6) is 1.00. The van der Waals surface area contributed by atoms with Gasteiger partial charge in [0, 0.05) is 57.9 Å². The number of aryl methyl sites for hydroxylation is 1. The van der Waals surface area contributed by atoms with Crippen molar-refractivity contribution in [2.45, 2.75) is 39.7 Å². The second kappa shape index (κ2) is 8.22. The van der Waals surface area contributed by atoms with Gasteiger partial charge in [0.15, 0.2) is 0 Å². The van der Waals surface area contributed by atoms with Crippen LogP contribution in [0.15, 0.2) is 24.3 Å². The highest BCUT2D eigenvalue weighted by molar-refractivity contribution is 5.85. The molecule has 1 aliphatic carbocycles. The second-order valence-electron chi connectivity index (χ2n) is 9.88. The molecule has 3 atom stereocenters. The second-order valence-corrected chi connectivity index (χ2v) is 9.88. The van der Waals surface area contributed by atoms with Crippen molar-refractivity contribution in [3.63, 3.8) is 0 Å². The van der Waals surface area contributed by atoms with Crippen molar-refractivity contribution in [1.29, 1.82) is 0 Å². The fourth-order valence-electron chi connectivity index (χ4n) is 5.58. The fraction of sp³-hybridized carbons (Fsp3) is 0.667. The van der Waals surface area contributed by atoms with E-state index in [0.29, 0.717) is 11.8 Å². The molecule has 6 heteroatoms. The molecule has 1 N–H and O–H groups in total. The van der Waals surface area contributed by atoms with Crippen LogP contribution >= 0.6 is 0 Å². The van der Waals surface area contributed by atoms with Crippen molar-refractivity contribution in [2.24, 2.45) is 17.3 Å². The lowest BCUT2D eigenvalue weighted by atomic mass is 9.98. The third kappa shape index (κ3) is 3.94. The number of hydrogen-bond donors (Lipinski definition) is 1. The molecule has 6 nitrogen and oxygen atoms in total. The highest BCUT2D eigenvalue weighted by atomic mass is 16.2. The van der Waals surface area contributed by atoms with Crippen LogP contribution in [-0.4, -0.2) is 74.0 Å². The molecule has 2 saturated heterocycles. The number of amides is 2. The Labute approximate surface area is 180 Å². The number of rotatable bonds is 5. The summed E-state index contributed by atoms with van der Waals surface area (Å²) >= 11 is 0. The van der Waals surface area contributed by atoms with E-state index in [0.717, 1.165) is 52.1 Å². The minimum absolute atomic E-state index is 0.0102. The minimum Gasteiger partial charge on any atom is -0.368 e. The summed E-state index contributed by atoms with van der Waals surface area (Å²) in [6.07, 6.45) is 1.75. The monoisotopic (exact) mass is 412 g/mol. The molecule has 0 bridgehead atoms. The van der Waals surface area contributed by atoms with Crippen LogP contribution in [0, 0.1) is 24.2 Å². The number of likely N-dealkylation sites (N-methyl/N-ethyl adjacent to an activating group) is 1. The van der Waals surface area contributed by atoms with Crippen LogP contribution in [0.4, 0.5) is 5.69 Å². The normalized spacial score (nSPS) is 29.0. The smallest absolute Gasteiger partial charge is 0.237 e. The molecule has 4 rings (SSSR count). The fourth-order valence-corrected chi connectivity index (χ4v) is 5.58. The third-order valence-corrected chi connectivity index (χ3v) is 7.24. The Kier molecular flexibility index (Phi) is 5.80. The Balaban J connectivity index is 1.37. The van der Waals surface area contributed by atoms with Gasteiger partial charge in [-0.1, -0.05) is 32.0 Å². The zero-order valence-electron chi connectivity index (χ0n) is 18.9. The summed E-state index contributed by atoms with van der Waals surface area (Å²) in [5.41, 5.74) is 2.58. The molecule has 0 aromatic heterocycles. The van der Waals surface area contributed by atoms with Crippen molar-refractivity contribution in [3.05, 3.63) is 29.8 Å². The Morgan fingerprint density at radius 3 is 2.47 bits per heavy atom. The minimum atomic E-state index is -0.0897. The average Bonchev–Trinajstić information content (AvgIpc) is 3.31. The Hall–Kier alpha value is -2.08. The van der Waals surface area contributed by atoms with Crippen molar-refractivity contribution < 1.29 is 9.59 Å². The topological polar surface area (TPSA) is 55.9 Å². The highest BCUT2D eigenvalue weighted by Gasteiger charge is 2.64. The van der Waals surface area contributed by atoms with Crippen molar-refractivity contribution in [2.75, 3.05) is 51.2 Å². The van der Waals surface area contributed by atoms with Gasteiger partial charge in [-0.2, -0.15) is 0 Å². The summed E-state index contributed by atoms with van der Waals surface area (Å²) in [4.78, 5) is 32.5. The van der Waals surface area contributed by atoms with Gasteiger partial charge in [0.2, 0.25) is 11.8 Å². The van der Waals surface area contributed by atoms with Crippen molar-refractivity contribution >= 4 is 17.5 Å². The standard InChI is InChI=1S/C24H36N4O2/c1-17(2)15-28-16-24(14-21(28)22(29)25-4)13-19(24)23(30)27-11-9-26(10-12-27)20-8-6-5-7-18(20)3/h5-8,17,19,21H,9-16H2,1-4H3,(H,25,29)/t19-,21+,24+/m1/s1. The maximum atomic E-state index is 13.3. The van der Waals surface area contributed by atoms with Crippen molar-refractivity contribution in [3.8, 4) is 0 Å². The van der Waals surface area contributed by atoms with E-state index in [4.69, 9.17) is 0 Å². The molecule has 1 spiro atoms. The molecule has 3 fully saturated rings. The molecule has 2 heterocycles. The van der Waals surface area contributed by atoms with Crippen LogP contribution in [0.1, 0.15) is 32.3 Å². The summed E-state index contributed by atoms with van der Waals surface area (Å²) in [7, 11) is 1.71. The number of piperazine rings is 1. The Morgan fingerprint density at radius 2 is 1.83 bits per heavy atom. The first-order valence-corrected chi connectivity index (χ1v) is 11.4. The first-order chi connectivity index (χ1) is 14.3. The van der Waals surface area contributed by atoms with Crippen molar-refractivity contribution in [1.82, 2.24) is 15.1 Å². The van der Waals surface area contributed by atoms with Gasteiger partial charge < -0.3 is 15.1 Å². The molecular weight excluding hydrogens is 376 g/mol. The number of anilines is 1. The quantitative estimate of drug-likeness (QED) is 0.805. The van der Waals surface area contributed by atoms with E-state index in [-0.39, 0.29) is 23.3 Å². The van der Waals surface area contributed by atoms with E-state index >= 15 is 0 Å². The van der Waals surface area contributed by atoms with Gasteiger partial charge in [0.25, 0.3) is 0 Å². The Bertz CT molecular complexity index is 802.